The summed E-state index contributed by atoms with van der Waals surface area (Å²) in [7, 11) is 1.82. The largest absolute Gasteiger partial charge is 0.341 e. The molecule has 0 fully saturated rings. The first kappa shape index (κ1) is 20.8. The van der Waals surface area contributed by atoms with E-state index in [-0.39, 0.29) is 11.5 Å². The number of amides is 1. The monoisotopic (exact) mass is 423 g/mol. The van der Waals surface area contributed by atoms with Gasteiger partial charge in [0.25, 0.3) is 5.56 Å². The quantitative estimate of drug-likeness (QED) is 0.586. The van der Waals surface area contributed by atoms with Gasteiger partial charge in [-0.1, -0.05) is 38.1 Å². The standard InChI is InChI=1S/C24H29N3O2S/c1-16(2)18-10-8-17(9-11-18)14-26(3)21(28)12-13-27-15-25-23-22(24(27)29)19-6-4-5-7-20(19)30-23/h8-11,15-16H,4-7,12-14H2,1-3H3. The minimum Gasteiger partial charge on any atom is -0.341 e. The Morgan fingerprint density at radius 2 is 1.93 bits per heavy atom. The van der Waals surface area contributed by atoms with E-state index < -0.39 is 0 Å². The molecule has 0 unspecified atom stereocenters. The summed E-state index contributed by atoms with van der Waals surface area (Å²) in [6, 6.07) is 8.42. The summed E-state index contributed by atoms with van der Waals surface area (Å²) in [5, 5.41) is 0.781. The molecule has 5 nitrogen and oxygen atoms in total. The molecule has 1 amide bonds. The first-order valence-corrected chi connectivity index (χ1v) is 11.6. The molecule has 3 aromatic rings. The van der Waals surface area contributed by atoms with E-state index in [1.54, 1.807) is 27.1 Å². The van der Waals surface area contributed by atoms with Crippen LogP contribution in [0.2, 0.25) is 0 Å². The molecule has 0 saturated heterocycles. The number of benzene rings is 1. The molecule has 30 heavy (non-hydrogen) atoms. The Morgan fingerprint density at radius 1 is 1.20 bits per heavy atom. The van der Waals surface area contributed by atoms with Crippen LogP contribution in [0.5, 0.6) is 0 Å². The number of fused-ring (bicyclic) bond motifs is 3. The van der Waals surface area contributed by atoms with Gasteiger partial charge < -0.3 is 4.90 Å². The number of aryl methyl sites for hydroxylation is 3. The van der Waals surface area contributed by atoms with Crippen LogP contribution in [0.15, 0.2) is 35.4 Å². The van der Waals surface area contributed by atoms with Crippen LogP contribution in [0.25, 0.3) is 10.2 Å². The average Bonchev–Trinajstić information content (AvgIpc) is 3.12. The van der Waals surface area contributed by atoms with E-state index in [0.717, 1.165) is 35.0 Å². The molecule has 0 N–H and O–H groups in total. The number of hydrogen-bond acceptors (Lipinski definition) is 4. The summed E-state index contributed by atoms with van der Waals surface area (Å²) in [5.74, 6) is 0.527. The zero-order chi connectivity index (χ0) is 21.3. The number of aromatic nitrogens is 2. The van der Waals surface area contributed by atoms with Crippen molar-refractivity contribution in [1.29, 1.82) is 0 Å². The van der Waals surface area contributed by atoms with E-state index in [1.807, 2.05) is 7.05 Å². The number of nitrogens with zero attached hydrogens (tertiary/aromatic N) is 3. The number of carbonyl (C=O) groups excluding carboxylic acids is 1. The predicted octanol–water partition coefficient (Wildman–Crippen LogP) is 4.51. The fraction of sp³-hybridized carbons (Fsp3) is 0.458. The fourth-order valence-corrected chi connectivity index (χ4v) is 5.34. The zero-order valence-corrected chi connectivity index (χ0v) is 18.8. The van der Waals surface area contributed by atoms with E-state index in [2.05, 4.69) is 43.1 Å². The van der Waals surface area contributed by atoms with Crippen molar-refractivity contribution in [2.24, 2.45) is 0 Å². The molecule has 0 atom stereocenters. The Morgan fingerprint density at radius 3 is 2.67 bits per heavy atom. The molecule has 2 aromatic heterocycles. The first-order valence-electron chi connectivity index (χ1n) is 10.8. The van der Waals surface area contributed by atoms with Gasteiger partial charge in [-0.05, 0) is 48.3 Å². The second kappa shape index (κ2) is 8.72. The second-order valence-electron chi connectivity index (χ2n) is 8.53. The van der Waals surface area contributed by atoms with E-state index in [0.29, 0.717) is 25.4 Å². The Hall–Kier alpha value is -2.47. The lowest BCUT2D eigenvalue weighted by Crippen LogP contribution is -2.29. The highest BCUT2D eigenvalue weighted by Gasteiger charge is 2.20. The van der Waals surface area contributed by atoms with Gasteiger partial charge in [-0.2, -0.15) is 0 Å². The molecular weight excluding hydrogens is 394 g/mol. The maximum Gasteiger partial charge on any atom is 0.262 e. The third-order valence-corrected chi connectivity index (χ3v) is 7.20. The molecule has 0 radical (unpaired) electrons. The number of rotatable bonds is 6. The lowest BCUT2D eigenvalue weighted by atomic mass is 9.97. The minimum absolute atomic E-state index is 0.000808. The molecule has 0 spiro atoms. The summed E-state index contributed by atoms with van der Waals surface area (Å²) in [6.45, 7) is 5.28. The molecule has 0 saturated carbocycles. The minimum atomic E-state index is -0.000808. The van der Waals surface area contributed by atoms with Gasteiger partial charge in [0.1, 0.15) is 4.83 Å². The summed E-state index contributed by atoms with van der Waals surface area (Å²) < 4.78 is 1.60. The van der Waals surface area contributed by atoms with Crippen molar-refractivity contribution in [3.63, 3.8) is 0 Å². The van der Waals surface area contributed by atoms with E-state index in [4.69, 9.17) is 0 Å². The van der Waals surface area contributed by atoms with Gasteiger partial charge in [-0.3, -0.25) is 14.2 Å². The number of thiophene rings is 1. The molecule has 6 heteroatoms. The lowest BCUT2D eigenvalue weighted by molar-refractivity contribution is -0.130. The number of carbonyl (C=O) groups is 1. The first-order chi connectivity index (χ1) is 14.4. The Labute approximate surface area is 181 Å². The van der Waals surface area contributed by atoms with Crippen LogP contribution in [0, 0.1) is 0 Å². The average molecular weight is 424 g/mol. The molecular formula is C24H29N3O2S. The predicted molar refractivity (Wildman–Crippen MR) is 122 cm³/mol. The van der Waals surface area contributed by atoms with Crippen LogP contribution < -0.4 is 5.56 Å². The zero-order valence-electron chi connectivity index (χ0n) is 18.0. The van der Waals surface area contributed by atoms with Crippen LogP contribution in [0.1, 0.15) is 60.6 Å². The lowest BCUT2D eigenvalue weighted by Gasteiger charge is -2.18. The molecule has 0 bridgehead atoms. The van der Waals surface area contributed by atoms with Crippen molar-refractivity contribution in [2.75, 3.05) is 7.05 Å². The van der Waals surface area contributed by atoms with Crippen LogP contribution >= 0.6 is 11.3 Å². The van der Waals surface area contributed by atoms with Crippen LogP contribution in [0.3, 0.4) is 0 Å². The van der Waals surface area contributed by atoms with E-state index >= 15 is 0 Å². The van der Waals surface area contributed by atoms with Gasteiger partial charge in [0, 0.05) is 31.4 Å². The molecule has 1 aliphatic rings. The van der Waals surface area contributed by atoms with Crippen molar-refractivity contribution in [3.05, 3.63) is 62.5 Å². The summed E-state index contributed by atoms with van der Waals surface area (Å²) in [6.07, 6.45) is 6.24. The summed E-state index contributed by atoms with van der Waals surface area (Å²) in [5.41, 5.74) is 3.60. The fourth-order valence-electron chi connectivity index (χ4n) is 4.12. The van der Waals surface area contributed by atoms with Gasteiger partial charge in [-0.15, -0.1) is 11.3 Å². The summed E-state index contributed by atoms with van der Waals surface area (Å²) >= 11 is 1.66. The highest BCUT2D eigenvalue weighted by atomic mass is 32.1. The smallest absolute Gasteiger partial charge is 0.262 e. The van der Waals surface area contributed by atoms with Crippen LogP contribution in [-0.4, -0.2) is 27.4 Å². The summed E-state index contributed by atoms with van der Waals surface area (Å²) in [4.78, 5) is 34.1. The van der Waals surface area contributed by atoms with Gasteiger partial charge in [-0.25, -0.2) is 4.98 Å². The van der Waals surface area contributed by atoms with Crippen molar-refractivity contribution < 1.29 is 4.79 Å². The molecule has 4 rings (SSSR count). The Balaban J connectivity index is 1.42. The van der Waals surface area contributed by atoms with Gasteiger partial charge >= 0.3 is 0 Å². The van der Waals surface area contributed by atoms with Crippen molar-refractivity contribution in [2.45, 2.75) is 65.0 Å². The molecule has 1 aliphatic carbocycles. The topological polar surface area (TPSA) is 55.2 Å². The highest BCUT2D eigenvalue weighted by molar-refractivity contribution is 7.18. The van der Waals surface area contributed by atoms with Crippen LogP contribution in [0.4, 0.5) is 0 Å². The van der Waals surface area contributed by atoms with Crippen molar-refractivity contribution in [1.82, 2.24) is 14.5 Å². The number of hydrogen-bond donors (Lipinski definition) is 0. The van der Waals surface area contributed by atoms with E-state index in [1.165, 1.54) is 22.4 Å². The molecule has 1 aromatic carbocycles. The Bertz CT molecular complexity index is 1110. The molecule has 0 aliphatic heterocycles. The van der Waals surface area contributed by atoms with E-state index in [9.17, 15) is 9.59 Å². The maximum absolute atomic E-state index is 13.0. The van der Waals surface area contributed by atoms with Gasteiger partial charge in [0.2, 0.25) is 5.91 Å². The highest BCUT2D eigenvalue weighted by Crippen LogP contribution is 2.33. The van der Waals surface area contributed by atoms with Gasteiger partial charge in [0.05, 0.1) is 11.7 Å². The Kier molecular flexibility index (Phi) is 6.04. The molecule has 158 valence electrons. The second-order valence-corrected chi connectivity index (χ2v) is 9.61. The van der Waals surface area contributed by atoms with Crippen molar-refractivity contribution in [3.8, 4) is 0 Å². The van der Waals surface area contributed by atoms with Crippen LogP contribution in [-0.2, 0) is 30.7 Å². The van der Waals surface area contributed by atoms with Gasteiger partial charge in [0.15, 0.2) is 0 Å². The normalized spacial score (nSPS) is 13.6. The molecule has 2 heterocycles. The third-order valence-electron chi connectivity index (χ3n) is 6.00. The maximum atomic E-state index is 13.0. The van der Waals surface area contributed by atoms with Crippen molar-refractivity contribution >= 4 is 27.5 Å². The SMILES string of the molecule is CC(C)c1ccc(CN(C)C(=O)CCn2cnc3sc4c(c3c2=O)CCCC4)cc1. The third kappa shape index (κ3) is 4.19.